The van der Waals surface area contributed by atoms with Crippen molar-refractivity contribution >= 4 is 34.8 Å². The van der Waals surface area contributed by atoms with Gasteiger partial charge in [-0.1, -0.05) is 18.2 Å². The number of benzene rings is 3. The topological polar surface area (TPSA) is 90.5 Å². The fraction of sp³-hybridized carbons (Fsp3) is 0.222. The summed E-state index contributed by atoms with van der Waals surface area (Å²) in [5, 5.41) is 8.07. The summed E-state index contributed by atoms with van der Waals surface area (Å²) in [4.78, 5) is 39.2. The molecule has 0 fully saturated rings. The van der Waals surface area contributed by atoms with E-state index in [0.717, 1.165) is 12.1 Å². The Morgan fingerprint density at radius 2 is 1.32 bits per heavy atom. The van der Waals surface area contributed by atoms with Crippen molar-refractivity contribution in [2.45, 2.75) is 20.0 Å². The summed E-state index contributed by atoms with van der Waals surface area (Å²) in [6, 6.07) is 17.2. The molecule has 3 rings (SSSR count). The fourth-order valence-corrected chi connectivity index (χ4v) is 3.56. The van der Waals surface area contributed by atoms with Gasteiger partial charge in [-0.05, 0) is 68.4 Å². The third-order valence-corrected chi connectivity index (χ3v) is 5.47. The molecule has 0 aliphatic carbocycles. The van der Waals surface area contributed by atoms with Crippen LogP contribution in [0.3, 0.4) is 0 Å². The zero-order valence-electron chi connectivity index (χ0n) is 20.4. The molecule has 0 saturated heterocycles. The van der Waals surface area contributed by atoms with Gasteiger partial charge in [0.1, 0.15) is 0 Å². The maximum Gasteiger partial charge on any atom is 0.416 e. The van der Waals surface area contributed by atoms with Crippen molar-refractivity contribution < 1.29 is 27.6 Å². The van der Waals surface area contributed by atoms with Gasteiger partial charge in [-0.3, -0.25) is 14.4 Å². The van der Waals surface area contributed by atoms with Gasteiger partial charge in [-0.15, -0.1) is 0 Å². The van der Waals surface area contributed by atoms with Crippen molar-refractivity contribution in [2.75, 3.05) is 35.6 Å². The molecule has 0 aromatic heterocycles. The molecule has 7 nitrogen and oxygen atoms in total. The van der Waals surface area contributed by atoms with Gasteiger partial charge >= 0.3 is 6.18 Å². The molecule has 194 valence electrons. The van der Waals surface area contributed by atoms with Crippen LogP contribution in [0.15, 0.2) is 72.8 Å². The molecule has 0 aliphatic rings. The average Bonchev–Trinajstić information content (AvgIpc) is 2.88. The van der Waals surface area contributed by atoms with E-state index in [0.29, 0.717) is 30.0 Å². The SMILES string of the molecule is CCN(CC)C(=O)c1cccc(NCC(=O)Nc2cccc(C(=O)Nc3cccc(C(F)(F)F)c3)c2)c1. The van der Waals surface area contributed by atoms with Crippen LogP contribution in [0.5, 0.6) is 0 Å². The molecule has 3 aromatic rings. The van der Waals surface area contributed by atoms with Gasteiger partial charge in [-0.25, -0.2) is 0 Å². The molecule has 3 amide bonds. The lowest BCUT2D eigenvalue weighted by molar-refractivity contribution is -0.137. The van der Waals surface area contributed by atoms with Crippen molar-refractivity contribution in [3.8, 4) is 0 Å². The van der Waals surface area contributed by atoms with Crippen LogP contribution >= 0.6 is 0 Å². The van der Waals surface area contributed by atoms with E-state index in [1.165, 1.54) is 24.3 Å². The largest absolute Gasteiger partial charge is 0.416 e. The van der Waals surface area contributed by atoms with Crippen molar-refractivity contribution in [2.24, 2.45) is 0 Å². The minimum absolute atomic E-state index is 0.000157. The lowest BCUT2D eigenvalue weighted by Crippen LogP contribution is -2.30. The number of anilines is 3. The maximum atomic E-state index is 12.9. The van der Waals surface area contributed by atoms with Crippen LogP contribution in [0.1, 0.15) is 40.1 Å². The van der Waals surface area contributed by atoms with Gasteiger partial charge in [0.05, 0.1) is 12.1 Å². The Balaban J connectivity index is 1.60. The number of nitrogens with one attached hydrogen (secondary N) is 3. The van der Waals surface area contributed by atoms with Gasteiger partial charge < -0.3 is 20.9 Å². The first kappa shape index (κ1) is 27.3. The summed E-state index contributed by atoms with van der Waals surface area (Å²) < 4.78 is 38.7. The van der Waals surface area contributed by atoms with E-state index in [2.05, 4.69) is 16.0 Å². The number of nitrogens with zero attached hydrogens (tertiary/aromatic N) is 1. The van der Waals surface area contributed by atoms with Crippen LogP contribution in [-0.2, 0) is 11.0 Å². The fourth-order valence-electron chi connectivity index (χ4n) is 3.56. The molecule has 3 aromatic carbocycles. The summed E-state index contributed by atoms with van der Waals surface area (Å²) in [7, 11) is 0. The Kier molecular flexibility index (Phi) is 8.89. The van der Waals surface area contributed by atoms with Gasteiger partial charge in [0.2, 0.25) is 5.91 Å². The summed E-state index contributed by atoms with van der Waals surface area (Å²) >= 11 is 0. The van der Waals surface area contributed by atoms with E-state index in [4.69, 9.17) is 0 Å². The highest BCUT2D eigenvalue weighted by molar-refractivity contribution is 6.05. The molecular weight excluding hydrogens is 485 g/mol. The number of hydrogen-bond donors (Lipinski definition) is 3. The van der Waals surface area contributed by atoms with Gasteiger partial charge in [0, 0.05) is 41.3 Å². The minimum atomic E-state index is -4.53. The molecule has 37 heavy (non-hydrogen) atoms. The van der Waals surface area contributed by atoms with Crippen LogP contribution in [0.2, 0.25) is 0 Å². The summed E-state index contributed by atoms with van der Waals surface area (Å²) in [6.45, 7) is 4.89. The quantitative estimate of drug-likeness (QED) is 0.354. The predicted octanol–water partition coefficient (Wildman–Crippen LogP) is 5.49. The molecule has 0 atom stereocenters. The van der Waals surface area contributed by atoms with Crippen molar-refractivity contribution in [3.05, 3.63) is 89.5 Å². The van der Waals surface area contributed by atoms with E-state index in [-0.39, 0.29) is 23.7 Å². The predicted molar refractivity (Wildman–Crippen MR) is 137 cm³/mol. The number of amides is 3. The van der Waals surface area contributed by atoms with E-state index in [9.17, 15) is 27.6 Å². The van der Waals surface area contributed by atoms with E-state index < -0.39 is 23.6 Å². The zero-order valence-corrected chi connectivity index (χ0v) is 20.4. The highest BCUT2D eigenvalue weighted by Crippen LogP contribution is 2.30. The van der Waals surface area contributed by atoms with Crippen LogP contribution in [0.4, 0.5) is 30.2 Å². The maximum absolute atomic E-state index is 12.9. The molecule has 3 N–H and O–H groups in total. The van der Waals surface area contributed by atoms with Crippen LogP contribution in [0.25, 0.3) is 0 Å². The number of hydrogen-bond acceptors (Lipinski definition) is 4. The number of carbonyl (C=O) groups is 3. The Labute approximate surface area is 212 Å². The lowest BCUT2D eigenvalue weighted by atomic mass is 10.1. The molecule has 0 saturated carbocycles. The number of carbonyl (C=O) groups excluding carboxylic acids is 3. The molecule has 0 bridgehead atoms. The summed E-state index contributed by atoms with van der Waals surface area (Å²) in [5.74, 6) is -1.11. The zero-order chi connectivity index (χ0) is 27.0. The highest BCUT2D eigenvalue weighted by atomic mass is 19.4. The van der Waals surface area contributed by atoms with Crippen LogP contribution < -0.4 is 16.0 Å². The van der Waals surface area contributed by atoms with Crippen molar-refractivity contribution in [3.63, 3.8) is 0 Å². The molecule has 0 unspecified atom stereocenters. The first-order chi connectivity index (χ1) is 17.6. The van der Waals surface area contributed by atoms with Crippen molar-refractivity contribution in [1.29, 1.82) is 0 Å². The smallest absolute Gasteiger partial charge is 0.376 e. The molecule has 0 radical (unpaired) electrons. The van der Waals surface area contributed by atoms with E-state index in [1.807, 2.05) is 13.8 Å². The summed E-state index contributed by atoms with van der Waals surface area (Å²) in [6.07, 6.45) is -4.53. The Hall–Kier alpha value is -4.34. The third-order valence-electron chi connectivity index (χ3n) is 5.47. The minimum Gasteiger partial charge on any atom is -0.376 e. The van der Waals surface area contributed by atoms with Crippen LogP contribution in [0, 0.1) is 0 Å². The Morgan fingerprint density at radius 1 is 0.757 bits per heavy atom. The Bertz CT molecular complexity index is 1270. The van der Waals surface area contributed by atoms with E-state index >= 15 is 0 Å². The van der Waals surface area contributed by atoms with Gasteiger partial charge in [-0.2, -0.15) is 13.2 Å². The van der Waals surface area contributed by atoms with Crippen molar-refractivity contribution in [1.82, 2.24) is 4.90 Å². The first-order valence-electron chi connectivity index (χ1n) is 11.6. The average molecular weight is 513 g/mol. The Morgan fingerprint density at radius 3 is 1.97 bits per heavy atom. The van der Waals surface area contributed by atoms with Crippen LogP contribution in [-0.4, -0.2) is 42.3 Å². The second-order valence-electron chi connectivity index (χ2n) is 8.07. The molecule has 0 spiro atoms. The lowest BCUT2D eigenvalue weighted by Gasteiger charge is -2.19. The summed E-state index contributed by atoms with van der Waals surface area (Å²) in [5.41, 5.74) is 0.734. The number of halogens is 3. The van der Waals surface area contributed by atoms with E-state index in [1.54, 1.807) is 41.3 Å². The standard InChI is InChI=1S/C27H27F3N4O3/c1-3-34(4-2)26(37)19-9-6-11-21(15-19)31-17-24(35)32-22-12-5-8-18(14-22)25(36)33-23-13-7-10-20(16-23)27(28,29)30/h5-16,31H,3-4,17H2,1-2H3,(H,32,35)(H,33,36). The normalized spacial score (nSPS) is 10.9. The third kappa shape index (κ3) is 7.57. The second-order valence-corrected chi connectivity index (χ2v) is 8.07. The highest BCUT2D eigenvalue weighted by Gasteiger charge is 2.30. The first-order valence-corrected chi connectivity index (χ1v) is 11.6. The van der Waals surface area contributed by atoms with Gasteiger partial charge in [0.25, 0.3) is 11.8 Å². The molecular formula is C27H27F3N4O3. The number of rotatable bonds is 9. The molecule has 10 heteroatoms. The molecule has 0 aliphatic heterocycles. The second kappa shape index (κ2) is 12.1. The number of alkyl halides is 3. The molecule has 0 heterocycles. The van der Waals surface area contributed by atoms with Gasteiger partial charge in [0.15, 0.2) is 0 Å². The monoisotopic (exact) mass is 512 g/mol.